The van der Waals surface area contributed by atoms with Crippen molar-refractivity contribution in [2.75, 3.05) is 0 Å². The van der Waals surface area contributed by atoms with Gasteiger partial charge in [-0.2, -0.15) is 4.39 Å². The molecule has 0 aliphatic carbocycles. The third kappa shape index (κ3) is 3.51. The Balaban J connectivity index is 2.45. The fourth-order valence-corrected chi connectivity index (χ4v) is 0.848. The van der Waals surface area contributed by atoms with Crippen molar-refractivity contribution in [3.63, 3.8) is 0 Å². The van der Waals surface area contributed by atoms with Gasteiger partial charge < -0.3 is 5.32 Å². The summed E-state index contributed by atoms with van der Waals surface area (Å²) in [7, 11) is 0. The highest BCUT2D eigenvalue weighted by Gasteiger charge is 1.93. The molecule has 0 aromatic carbocycles. The number of allylic oxidation sites excluding steroid dienone is 2. The van der Waals surface area contributed by atoms with E-state index in [0.717, 1.165) is 0 Å². The molecule has 0 amide bonds. The summed E-state index contributed by atoms with van der Waals surface area (Å²) in [5.41, 5.74) is 0.675. The van der Waals surface area contributed by atoms with Crippen LogP contribution in [0.4, 0.5) is 4.39 Å². The third-order valence-electron chi connectivity index (χ3n) is 1.41. The first kappa shape index (κ1) is 9.45. The van der Waals surface area contributed by atoms with Crippen molar-refractivity contribution in [1.82, 2.24) is 10.3 Å². The molecule has 0 aliphatic heterocycles. The van der Waals surface area contributed by atoms with Crippen LogP contribution in [0.2, 0.25) is 0 Å². The molecule has 1 aromatic rings. The predicted octanol–water partition coefficient (Wildman–Crippen LogP) is 2.01. The van der Waals surface area contributed by atoms with Crippen molar-refractivity contribution in [2.24, 2.45) is 0 Å². The molecule has 0 saturated heterocycles. The summed E-state index contributed by atoms with van der Waals surface area (Å²) in [5, 5.41) is 2.95. The molecule has 0 bridgehead atoms. The molecule has 3 heteroatoms. The lowest BCUT2D eigenvalue weighted by atomic mass is 10.3. The maximum atomic E-state index is 12.6. The summed E-state index contributed by atoms with van der Waals surface area (Å²) in [6.07, 6.45) is 5.16. The van der Waals surface area contributed by atoms with E-state index in [0.29, 0.717) is 12.2 Å². The van der Waals surface area contributed by atoms with Crippen LogP contribution in [0.1, 0.15) is 5.69 Å². The fraction of sp³-hybridized carbons (Fsp3) is 0.100. The van der Waals surface area contributed by atoms with E-state index >= 15 is 0 Å². The predicted molar refractivity (Wildman–Crippen MR) is 50.4 cm³/mol. The Hall–Kier alpha value is -1.64. The van der Waals surface area contributed by atoms with Crippen LogP contribution in [0, 0.1) is 5.95 Å². The smallest absolute Gasteiger partial charge is 0.213 e. The second kappa shape index (κ2) is 5.09. The van der Waals surface area contributed by atoms with Gasteiger partial charge in [-0.25, -0.2) is 4.98 Å². The average Bonchev–Trinajstić information content (AvgIpc) is 2.13. The molecule has 0 saturated carbocycles. The Bertz CT molecular complexity index is 308. The minimum absolute atomic E-state index is 0.452. The largest absolute Gasteiger partial charge is 0.385 e. The summed E-state index contributed by atoms with van der Waals surface area (Å²) in [4.78, 5) is 3.68. The van der Waals surface area contributed by atoms with Crippen molar-refractivity contribution in [1.29, 1.82) is 0 Å². The first-order chi connectivity index (χ1) is 6.33. The van der Waals surface area contributed by atoms with Gasteiger partial charge in [-0.15, -0.1) is 0 Å². The van der Waals surface area contributed by atoms with E-state index in [9.17, 15) is 4.39 Å². The highest BCUT2D eigenvalue weighted by atomic mass is 19.1. The van der Waals surface area contributed by atoms with Crippen LogP contribution in [0.25, 0.3) is 0 Å². The maximum Gasteiger partial charge on any atom is 0.213 e. The Morgan fingerprint density at radius 2 is 2.38 bits per heavy atom. The Labute approximate surface area is 76.8 Å². The quantitative estimate of drug-likeness (QED) is 0.563. The summed E-state index contributed by atoms with van der Waals surface area (Å²) in [6, 6.07) is 4.72. The fourth-order valence-electron chi connectivity index (χ4n) is 0.848. The van der Waals surface area contributed by atoms with Gasteiger partial charge in [0.05, 0.1) is 12.2 Å². The number of halogens is 1. The molecule has 1 rings (SSSR count). The van der Waals surface area contributed by atoms with E-state index in [1.807, 2.05) is 0 Å². The molecule has 0 spiro atoms. The molecule has 0 aliphatic rings. The third-order valence-corrected chi connectivity index (χ3v) is 1.41. The molecule has 0 radical (unpaired) electrons. The molecule has 13 heavy (non-hydrogen) atoms. The Kier molecular flexibility index (Phi) is 3.70. The first-order valence-electron chi connectivity index (χ1n) is 3.95. The van der Waals surface area contributed by atoms with Gasteiger partial charge in [0, 0.05) is 0 Å². The van der Waals surface area contributed by atoms with Crippen LogP contribution in [0.3, 0.4) is 0 Å². The number of rotatable bonds is 4. The zero-order chi connectivity index (χ0) is 9.52. The highest BCUT2D eigenvalue weighted by molar-refractivity contribution is 5.05. The van der Waals surface area contributed by atoms with Crippen molar-refractivity contribution in [3.8, 4) is 0 Å². The molecule has 1 heterocycles. The minimum Gasteiger partial charge on any atom is -0.385 e. The van der Waals surface area contributed by atoms with Crippen molar-refractivity contribution in [2.45, 2.75) is 6.54 Å². The van der Waals surface area contributed by atoms with E-state index in [-0.39, 0.29) is 0 Å². The Morgan fingerprint density at radius 1 is 1.54 bits per heavy atom. The van der Waals surface area contributed by atoms with Crippen LogP contribution >= 0.6 is 0 Å². The van der Waals surface area contributed by atoms with E-state index in [1.54, 1.807) is 30.5 Å². The minimum atomic E-state index is -0.452. The maximum absolute atomic E-state index is 12.6. The van der Waals surface area contributed by atoms with Crippen molar-refractivity contribution < 1.29 is 4.39 Å². The molecule has 0 fully saturated rings. The number of pyridine rings is 1. The van der Waals surface area contributed by atoms with Gasteiger partial charge in [-0.05, 0) is 24.4 Å². The zero-order valence-corrected chi connectivity index (χ0v) is 7.20. The number of nitrogens with zero attached hydrogens (tertiary/aromatic N) is 1. The molecule has 0 atom stereocenters. The summed E-state index contributed by atoms with van der Waals surface area (Å²) >= 11 is 0. The van der Waals surface area contributed by atoms with Crippen molar-refractivity contribution in [3.05, 3.63) is 54.8 Å². The molecule has 1 aromatic heterocycles. The van der Waals surface area contributed by atoms with Crippen molar-refractivity contribution >= 4 is 0 Å². The standard InChI is InChI=1S/C10H11FN2/c1-2-3-7-12-8-9-5-4-6-10(11)13-9/h2-7,12H,1,8H2/b7-3-. The van der Waals surface area contributed by atoms with Crippen LogP contribution in [0.15, 0.2) is 43.1 Å². The van der Waals surface area contributed by atoms with Gasteiger partial charge in [0.25, 0.3) is 0 Å². The van der Waals surface area contributed by atoms with Crippen LogP contribution in [-0.4, -0.2) is 4.98 Å². The number of hydrogen-bond donors (Lipinski definition) is 1. The number of hydrogen-bond acceptors (Lipinski definition) is 2. The molecule has 2 nitrogen and oxygen atoms in total. The number of nitrogens with one attached hydrogen (secondary N) is 1. The first-order valence-corrected chi connectivity index (χ1v) is 3.95. The van der Waals surface area contributed by atoms with E-state index < -0.39 is 5.95 Å². The SMILES string of the molecule is C=C/C=C\NCc1cccc(F)n1. The lowest BCUT2D eigenvalue weighted by Gasteiger charge is -1.99. The lowest BCUT2D eigenvalue weighted by molar-refractivity contribution is 0.574. The molecule has 68 valence electrons. The van der Waals surface area contributed by atoms with Crippen LogP contribution < -0.4 is 5.32 Å². The molecule has 1 N–H and O–H groups in total. The summed E-state index contributed by atoms with van der Waals surface area (Å²) < 4.78 is 12.6. The normalized spacial score (nSPS) is 10.2. The van der Waals surface area contributed by atoms with Gasteiger partial charge in [-0.3, -0.25) is 0 Å². The average molecular weight is 178 g/mol. The second-order valence-corrected chi connectivity index (χ2v) is 2.43. The zero-order valence-electron chi connectivity index (χ0n) is 7.20. The molecular formula is C10H11FN2. The summed E-state index contributed by atoms with van der Waals surface area (Å²) in [5.74, 6) is -0.452. The van der Waals surface area contributed by atoms with Gasteiger partial charge in [0.2, 0.25) is 5.95 Å². The Morgan fingerprint density at radius 3 is 3.08 bits per heavy atom. The number of aromatic nitrogens is 1. The van der Waals surface area contributed by atoms with E-state index in [1.165, 1.54) is 6.07 Å². The van der Waals surface area contributed by atoms with Crippen LogP contribution in [-0.2, 0) is 6.54 Å². The van der Waals surface area contributed by atoms with Crippen LogP contribution in [0.5, 0.6) is 0 Å². The molecular weight excluding hydrogens is 167 g/mol. The lowest BCUT2D eigenvalue weighted by Crippen LogP contribution is -2.06. The monoisotopic (exact) mass is 178 g/mol. The molecule has 0 unspecified atom stereocenters. The topological polar surface area (TPSA) is 24.9 Å². The van der Waals surface area contributed by atoms with E-state index in [4.69, 9.17) is 0 Å². The van der Waals surface area contributed by atoms with Gasteiger partial charge in [0.1, 0.15) is 0 Å². The summed E-state index contributed by atoms with van der Waals surface area (Å²) in [6.45, 7) is 4.03. The van der Waals surface area contributed by atoms with Gasteiger partial charge >= 0.3 is 0 Å². The van der Waals surface area contributed by atoms with Gasteiger partial charge in [-0.1, -0.05) is 18.7 Å². The van der Waals surface area contributed by atoms with E-state index in [2.05, 4.69) is 16.9 Å². The second-order valence-electron chi connectivity index (χ2n) is 2.43. The van der Waals surface area contributed by atoms with Gasteiger partial charge in [0.15, 0.2) is 0 Å². The highest BCUT2D eigenvalue weighted by Crippen LogP contribution is 1.96.